The van der Waals surface area contributed by atoms with Crippen molar-refractivity contribution in [2.75, 3.05) is 6.61 Å². The number of aryl methyl sites for hydroxylation is 1. The van der Waals surface area contributed by atoms with Crippen LogP contribution in [0.4, 0.5) is 4.79 Å². The number of hydrogen-bond donors (Lipinski definition) is 2. The molecule has 1 atom stereocenters. The molecule has 0 aliphatic heterocycles. The van der Waals surface area contributed by atoms with Crippen molar-refractivity contribution in [1.29, 1.82) is 0 Å². The summed E-state index contributed by atoms with van der Waals surface area (Å²) in [5.41, 5.74) is 0.717. The van der Waals surface area contributed by atoms with Crippen LogP contribution in [-0.4, -0.2) is 29.4 Å². The van der Waals surface area contributed by atoms with E-state index < -0.39 is 11.7 Å². The van der Waals surface area contributed by atoms with Crippen molar-refractivity contribution in [1.82, 2.24) is 5.32 Å². The molecule has 2 N–H and O–H groups in total. The molecule has 112 valence electrons. The number of ether oxygens (including phenoxy) is 1. The quantitative estimate of drug-likeness (QED) is 0.841. The zero-order valence-electron chi connectivity index (χ0n) is 12.6. The van der Waals surface area contributed by atoms with Gasteiger partial charge in [-0.05, 0) is 45.6 Å². The van der Waals surface area contributed by atoms with E-state index in [0.717, 1.165) is 12.8 Å². The summed E-state index contributed by atoms with van der Waals surface area (Å²) in [5, 5.41) is 11.9. The molecule has 0 aliphatic rings. The Morgan fingerprint density at radius 1 is 1.25 bits per heavy atom. The van der Waals surface area contributed by atoms with Crippen molar-refractivity contribution >= 4 is 6.09 Å². The fourth-order valence-electron chi connectivity index (χ4n) is 1.90. The zero-order chi connectivity index (χ0) is 15.0. The Balaban J connectivity index is 2.46. The molecule has 0 fully saturated rings. The van der Waals surface area contributed by atoms with Crippen LogP contribution in [0.1, 0.15) is 39.2 Å². The van der Waals surface area contributed by atoms with E-state index in [1.165, 1.54) is 5.56 Å². The van der Waals surface area contributed by atoms with Gasteiger partial charge in [-0.3, -0.25) is 0 Å². The van der Waals surface area contributed by atoms with Gasteiger partial charge in [-0.2, -0.15) is 0 Å². The van der Waals surface area contributed by atoms with E-state index in [0.29, 0.717) is 6.42 Å². The smallest absolute Gasteiger partial charge is 0.407 e. The number of benzene rings is 1. The molecule has 0 heterocycles. The van der Waals surface area contributed by atoms with Gasteiger partial charge in [0.05, 0.1) is 0 Å². The summed E-state index contributed by atoms with van der Waals surface area (Å²) in [7, 11) is 0. The highest BCUT2D eigenvalue weighted by molar-refractivity contribution is 5.68. The minimum absolute atomic E-state index is 0.0508. The van der Waals surface area contributed by atoms with Crippen LogP contribution in [-0.2, 0) is 11.2 Å². The van der Waals surface area contributed by atoms with Crippen LogP contribution in [0.25, 0.3) is 0 Å². The Hall–Kier alpha value is -1.55. The van der Waals surface area contributed by atoms with Crippen molar-refractivity contribution in [2.45, 2.75) is 51.7 Å². The molecule has 0 radical (unpaired) electrons. The van der Waals surface area contributed by atoms with Gasteiger partial charge in [-0.1, -0.05) is 30.3 Å². The van der Waals surface area contributed by atoms with Gasteiger partial charge in [0, 0.05) is 12.6 Å². The second-order valence-corrected chi connectivity index (χ2v) is 5.88. The molecule has 0 aromatic heterocycles. The first-order valence-electron chi connectivity index (χ1n) is 7.05. The third-order valence-electron chi connectivity index (χ3n) is 2.82. The first kappa shape index (κ1) is 16.5. The average molecular weight is 279 g/mol. The number of alkyl carbamates (subject to hydrolysis) is 1. The summed E-state index contributed by atoms with van der Waals surface area (Å²) < 4.78 is 5.23. The lowest BCUT2D eigenvalue weighted by Gasteiger charge is -2.23. The summed E-state index contributed by atoms with van der Waals surface area (Å²) in [6, 6.07) is 10.0. The van der Waals surface area contributed by atoms with Crippen molar-refractivity contribution in [3.05, 3.63) is 35.9 Å². The van der Waals surface area contributed by atoms with Crippen LogP contribution in [0.5, 0.6) is 0 Å². The highest BCUT2D eigenvalue weighted by Gasteiger charge is 2.19. The number of rotatable bonds is 6. The lowest BCUT2D eigenvalue weighted by molar-refractivity contribution is 0.0494. The maximum atomic E-state index is 11.7. The SMILES string of the molecule is CC(C)(C)OC(=O)N[C@H](CCO)CCc1ccccc1. The molecule has 4 nitrogen and oxygen atoms in total. The van der Waals surface area contributed by atoms with E-state index in [4.69, 9.17) is 9.84 Å². The number of aliphatic hydroxyl groups excluding tert-OH is 1. The lowest BCUT2D eigenvalue weighted by atomic mass is 10.0. The third kappa shape index (κ3) is 7.14. The van der Waals surface area contributed by atoms with Crippen molar-refractivity contribution in [3.8, 4) is 0 Å². The fourth-order valence-corrected chi connectivity index (χ4v) is 1.90. The standard InChI is InChI=1S/C16H25NO3/c1-16(2,3)20-15(19)17-14(11-12-18)10-9-13-7-5-4-6-8-13/h4-8,14,18H,9-12H2,1-3H3,(H,17,19)/t14-/m0/s1. The van der Waals surface area contributed by atoms with Crippen LogP contribution in [0.3, 0.4) is 0 Å². The topological polar surface area (TPSA) is 58.6 Å². The van der Waals surface area contributed by atoms with E-state index in [1.54, 1.807) is 0 Å². The van der Waals surface area contributed by atoms with Gasteiger partial charge in [0.25, 0.3) is 0 Å². The van der Waals surface area contributed by atoms with E-state index in [-0.39, 0.29) is 12.6 Å². The Labute approximate surface area is 121 Å². The van der Waals surface area contributed by atoms with E-state index in [2.05, 4.69) is 17.4 Å². The molecule has 1 rings (SSSR count). The Morgan fingerprint density at radius 2 is 1.90 bits per heavy atom. The number of hydrogen-bond acceptors (Lipinski definition) is 3. The van der Waals surface area contributed by atoms with Gasteiger partial charge in [-0.25, -0.2) is 4.79 Å². The molecule has 0 bridgehead atoms. The van der Waals surface area contributed by atoms with Gasteiger partial charge in [-0.15, -0.1) is 0 Å². The molecule has 0 aliphatic carbocycles. The predicted octanol–water partition coefficient (Wildman–Crippen LogP) is 2.89. The predicted molar refractivity (Wildman–Crippen MR) is 79.6 cm³/mol. The molecule has 1 aromatic carbocycles. The highest BCUT2D eigenvalue weighted by atomic mass is 16.6. The lowest BCUT2D eigenvalue weighted by Crippen LogP contribution is -2.39. The second kappa shape index (κ2) is 7.90. The molecule has 0 saturated heterocycles. The number of carbonyl (C=O) groups excluding carboxylic acids is 1. The van der Waals surface area contributed by atoms with E-state index >= 15 is 0 Å². The summed E-state index contributed by atoms with van der Waals surface area (Å²) in [5.74, 6) is 0. The van der Waals surface area contributed by atoms with Crippen molar-refractivity contribution in [2.24, 2.45) is 0 Å². The van der Waals surface area contributed by atoms with Crippen LogP contribution >= 0.6 is 0 Å². The fraction of sp³-hybridized carbons (Fsp3) is 0.562. The molecule has 1 amide bonds. The molecule has 0 unspecified atom stereocenters. The maximum Gasteiger partial charge on any atom is 0.407 e. The van der Waals surface area contributed by atoms with Crippen LogP contribution < -0.4 is 5.32 Å². The summed E-state index contributed by atoms with van der Waals surface area (Å²) in [6.07, 6.45) is 1.75. The zero-order valence-corrected chi connectivity index (χ0v) is 12.6. The van der Waals surface area contributed by atoms with Gasteiger partial charge in [0.2, 0.25) is 0 Å². The minimum atomic E-state index is -0.507. The molecule has 1 aromatic rings. The number of nitrogens with one attached hydrogen (secondary N) is 1. The normalized spacial score (nSPS) is 12.8. The largest absolute Gasteiger partial charge is 0.444 e. The Kier molecular flexibility index (Phi) is 6.52. The summed E-state index contributed by atoms with van der Waals surface area (Å²) in [4.78, 5) is 11.7. The first-order chi connectivity index (χ1) is 9.40. The van der Waals surface area contributed by atoms with Crippen LogP contribution in [0, 0.1) is 0 Å². The van der Waals surface area contributed by atoms with Gasteiger partial charge >= 0.3 is 6.09 Å². The van der Waals surface area contributed by atoms with Crippen molar-refractivity contribution in [3.63, 3.8) is 0 Å². The van der Waals surface area contributed by atoms with Gasteiger partial charge in [0.15, 0.2) is 0 Å². The second-order valence-electron chi connectivity index (χ2n) is 5.88. The highest BCUT2D eigenvalue weighted by Crippen LogP contribution is 2.10. The first-order valence-corrected chi connectivity index (χ1v) is 7.05. The Bertz CT molecular complexity index is 398. The number of carbonyl (C=O) groups is 1. The van der Waals surface area contributed by atoms with Crippen molar-refractivity contribution < 1.29 is 14.6 Å². The van der Waals surface area contributed by atoms with Crippen LogP contribution in [0.2, 0.25) is 0 Å². The molecule has 0 saturated carbocycles. The Morgan fingerprint density at radius 3 is 2.45 bits per heavy atom. The summed E-state index contributed by atoms with van der Waals surface area (Å²) >= 11 is 0. The molecule has 4 heteroatoms. The average Bonchev–Trinajstić information content (AvgIpc) is 2.35. The van der Waals surface area contributed by atoms with E-state index in [1.807, 2.05) is 39.0 Å². The van der Waals surface area contributed by atoms with Gasteiger partial charge < -0.3 is 15.2 Å². The third-order valence-corrected chi connectivity index (χ3v) is 2.82. The minimum Gasteiger partial charge on any atom is -0.444 e. The molecular weight excluding hydrogens is 254 g/mol. The molecule has 0 spiro atoms. The number of aliphatic hydroxyl groups is 1. The maximum absolute atomic E-state index is 11.7. The molecular formula is C16H25NO3. The van der Waals surface area contributed by atoms with E-state index in [9.17, 15) is 4.79 Å². The van der Waals surface area contributed by atoms with Gasteiger partial charge in [0.1, 0.15) is 5.60 Å². The van der Waals surface area contributed by atoms with Crippen LogP contribution in [0.15, 0.2) is 30.3 Å². The summed E-state index contributed by atoms with van der Waals surface area (Å²) in [6.45, 7) is 5.54. The monoisotopic (exact) mass is 279 g/mol. The molecule has 20 heavy (non-hydrogen) atoms. The number of amides is 1.